The summed E-state index contributed by atoms with van der Waals surface area (Å²) < 4.78 is 0. The van der Waals surface area contributed by atoms with Crippen LogP contribution >= 0.6 is 0 Å². The second-order valence-corrected chi connectivity index (χ2v) is 7.10. The van der Waals surface area contributed by atoms with Gasteiger partial charge in [-0.1, -0.05) is 18.2 Å². The summed E-state index contributed by atoms with van der Waals surface area (Å²) in [6.45, 7) is 4.13. The number of aromatic amines is 1. The van der Waals surface area contributed by atoms with Crippen LogP contribution < -0.4 is 10.6 Å². The van der Waals surface area contributed by atoms with Crippen LogP contribution in [0.15, 0.2) is 36.4 Å². The fraction of sp³-hybridized carbons (Fsp3) is 0.286. The number of imidazole rings is 1. The van der Waals surface area contributed by atoms with Gasteiger partial charge < -0.3 is 15.6 Å². The van der Waals surface area contributed by atoms with E-state index in [1.54, 1.807) is 0 Å². The number of para-hydroxylation sites is 1. The molecular formula is C21H22N4O2. The Balaban J connectivity index is 1.42. The molecule has 2 amide bonds. The Hall–Kier alpha value is -3.15. The number of hydrogen-bond acceptors (Lipinski definition) is 3. The van der Waals surface area contributed by atoms with Crippen LogP contribution in [0.5, 0.6) is 0 Å². The molecular weight excluding hydrogens is 340 g/mol. The molecule has 2 aromatic carbocycles. The third-order valence-corrected chi connectivity index (χ3v) is 5.07. The van der Waals surface area contributed by atoms with Gasteiger partial charge >= 0.3 is 0 Å². The van der Waals surface area contributed by atoms with Crippen molar-refractivity contribution >= 4 is 28.5 Å². The number of hydrogen-bond donors (Lipinski definition) is 3. The van der Waals surface area contributed by atoms with E-state index >= 15 is 0 Å². The van der Waals surface area contributed by atoms with Crippen LogP contribution in [-0.4, -0.2) is 21.8 Å². The van der Waals surface area contributed by atoms with Gasteiger partial charge in [0.2, 0.25) is 11.8 Å². The number of anilines is 1. The molecule has 1 aliphatic rings. The molecule has 3 aromatic rings. The van der Waals surface area contributed by atoms with Gasteiger partial charge in [-0.3, -0.25) is 9.59 Å². The normalized spacial score (nSPS) is 16.1. The molecule has 0 fully saturated rings. The second-order valence-electron chi connectivity index (χ2n) is 7.10. The summed E-state index contributed by atoms with van der Waals surface area (Å²) in [5, 5.41) is 5.83. The third-order valence-electron chi connectivity index (χ3n) is 5.07. The Bertz CT molecular complexity index is 999. The maximum Gasteiger partial charge on any atom is 0.226 e. The lowest BCUT2D eigenvalue weighted by Gasteiger charge is -2.26. The molecule has 6 heteroatoms. The minimum absolute atomic E-state index is 0.0815. The molecule has 6 nitrogen and oxygen atoms in total. The summed E-state index contributed by atoms with van der Waals surface area (Å²) in [5.41, 5.74) is 6.04. The first-order chi connectivity index (χ1) is 13.0. The van der Waals surface area contributed by atoms with E-state index in [9.17, 15) is 9.59 Å². The number of nitrogens with one attached hydrogen (secondary N) is 3. The molecule has 2 heterocycles. The van der Waals surface area contributed by atoms with E-state index in [-0.39, 0.29) is 24.3 Å². The Morgan fingerprint density at radius 1 is 1.22 bits per heavy atom. The van der Waals surface area contributed by atoms with E-state index < -0.39 is 0 Å². The van der Waals surface area contributed by atoms with Crippen molar-refractivity contribution in [2.45, 2.75) is 39.2 Å². The molecule has 0 saturated heterocycles. The van der Waals surface area contributed by atoms with Gasteiger partial charge in [-0.15, -0.1) is 0 Å². The zero-order valence-electron chi connectivity index (χ0n) is 15.4. The van der Waals surface area contributed by atoms with Crippen LogP contribution in [0, 0.1) is 13.8 Å². The van der Waals surface area contributed by atoms with Gasteiger partial charge in [0.05, 0.1) is 23.5 Å². The zero-order chi connectivity index (χ0) is 19.0. The Morgan fingerprint density at radius 3 is 2.85 bits per heavy atom. The van der Waals surface area contributed by atoms with E-state index in [1.165, 1.54) is 11.1 Å². The number of fused-ring (bicyclic) bond motifs is 2. The molecule has 0 unspecified atom stereocenters. The fourth-order valence-electron chi connectivity index (χ4n) is 3.48. The van der Waals surface area contributed by atoms with Crippen molar-refractivity contribution in [3.05, 3.63) is 58.9 Å². The number of benzene rings is 2. The first-order valence-electron chi connectivity index (χ1n) is 9.13. The van der Waals surface area contributed by atoms with Crippen LogP contribution in [0.25, 0.3) is 11.0 Å². The van der Waals surface area contributed by atoms with Gasteiger partial charge in [-0.2, -0.15) is 0 Å². The van der Waals surface area contributed by atoms with Crippen molar-refractivity contribution in [1.29, 1.82) is 0 Å². The van der Waals surface area contributed by atoms with Crippen LogP contribution in [0.4, 0.5) is 5.69 Å². The molecule has 3 N–H and O–H groups in total. The summed E-state index contributed by atoms with van der Waals surface area (Å²) in [6.07, 6.45) is 1.10. The largest absolute Gasteiger partial charge is 0.349 e. The average molecular weight is 362 g/mol. The van der Waals surface area contributed by atoms with E-state index in [2.05, 4.69) is 46.6 Å². The summed E-state index contributed by atoms with van der Waals surface area (Å²) in [5.74, 6) is 0.631. The van der Waals surface area contributed by atoms with Crippen molar-refractivity contribution in [2.75, 3.05) is 5.32 Å². The smallest absolute Gasteiger partial charge is 0.226 e. The molecule has 4 rings (SSSR count). The SMILES string of the molecule is Cc1cc2nc(CCC(=O)N[C@@H]3CC(=O)Nc4ccccc43)[nH]c2cc1C. The number of amides is 2. The monoisotopic (exact) mass is 362 g/mol. The van der Waals surface area contributed by atoms with Crippen molar-refractivity contribution < 1.29 is 9.59 Å². The predicted octanol–water partition coefficient (Wildman–Crippen LogP) is 3.31. The molecule has 1 aliphatic heterocycles. The van der Waals surface area contributed by atoms with Crippen LogP contribution in [0.3, 0.4) is 0 Å². The highest BCUT2D eigenvalue weighted by Crippen LogP contribution is 2.30. The molecule has 138 valence electrons. The zero-order valence-corrected chi connectivity index (χ0v) is 15.4. The quantitative estimate of drug-likeness (QED) is 0.665. The first kappa shape index (κ1) is 17.3. The number of H-pyrrole nitrogens is 1. The van der Waals surface area contributed by atoms with Gasteiger partial charge in [-0.05, 0) is 48.7 Å². The van der Waals surface area contributed by atoms with Gasteiger partial charge in [0.25, 0.3) is 0 Å². The van der Waals surface area contributed by atoms with Gasteiger partial charge in [0.1, 0.15) is 5.82 Å². The second kappa shape index (κ2) is 6.87. The van der Waals surface area contributed by atoms with Crippen LogP contribution in [0.1, 0.15) is 41.4 Å². The Kier molecular flexibility index (Phi) is 4.39. The Labute approximate surface area is 157 Å². The fourth-order valence-corrected chi connectivity index (χ4v) is 3.48. The van der Waals surface area contributed by atoms with Crippen LogP contribution in [-0.2, 0) is 16.0 Å². The maximum atomic E-state index is 12.4. The number of aromatic nitrogens is 2. The first-order valence-corrected chi connectivity index (χ1v) is 9.13. The van der Waals surface area contributed by atoms with E-state index in [1.807, 2.05) is 24.3 Å². The average Bonchev–Trinajstić information content (AvgIpc) is 3.02. The number of carbonyl (C=O) groups excluding carboxylic acids is 2. The third kappa shape index (κ3) is 3.56. The predicted molar refractivity (Wildman–Crippen MR) is 104 cm³/mol. The van der Waals surface area contributed by atoms with E-state index in [0.717, 1.165) is 28.1 Å². The Morgan fingerprint density at radius 2 is 2.00 bits per heavy atom. The summed E-state index contributed by atoms with van der Waals surface area (Å²) in [4.78, 5) is 32.2. The lowest BCUT2D eigenvalue weighted by Crippen LogP contribution is -2.35. The molecule has 0 spiro atoms. The number of rotatable bonds is 4. The number of nitrogens with zero attached hydrogens (tertiary/aromatic N) is 1. The van der Waals surface area contributed by atoms with Crippen molar-refractivity contribution in [3.63, 3.8) is 0 Å². The van der Waals surface area contributed by atoms with E-state index in [0.29, 0.717) is 12.8 Å². The molecule has 0 saturated carbocycles. The van der Waals surface area contributed by atoms with Crippen molar-refractivity contribution in [1.82, 2.24) is 15.3 Å². The van der Waals surface area contributed by atoms with Gasteiger partial charge in [-0.25, -0.2) is 4.98 Å². The standard InChI is InChI=1S/C21H22N4O2/c1-12-9-17-18(10-13(12)2)23-19(22-17)7-8-20(26)25-16-11-21(27)24-15-6-4-3-5-14(15)16/h3-6,9-10,16H,7-8,11H2,1-2H3,(H,22,23)(H,24,27)(H,25,26)/t16-/m1/s1. The number of aryl methyl sites for hydroxylation is 3. The molecule has 0 radical (unpaired) electrons. The highest BCUT2D eigenvalue weighted by molar-refractivity contribution is 5.95. The molecule has 0 bridgehead atoms. The summed E-state index contributed by atoms with van der Waals surface area (Å²) >= 11 is 0. The molecule has 0 aliphatic carbocycles. The molecule has 1 aromatic heterocycles. The minimum Gasteiger partial charge on any atom is -0.349 e. The highest BCUT2D eigenvalue weighted by Gasteiger charge is 2.25. The topological polar surface area (TPSA) is 86.9 Å². The van der Waals surface area contributed by atoms with E-state index in [4.69, 9.17) is 0 Å². The van der Waals surface area contributed by atoms with Gasteiger partial charge in [0, 0.05) is 18.5 Å². The molecule has 1 atom stereocenters. The maximum absolute atomic E-state index is 12.4. The summed E-state index contributed by atoms with van der Waals surface area (Å²) in [7, 11) is 0. The lowest BCUT2D eigenvalue weighted by atomic mass is 9.97. The summed E-state index contributed by atoms with van der Waals surface area (Å²) in [6, 6.07) is 11.4. The minimum atomic E-state index is -0.288. The van der Waals surface area contributed by atoms with Crippen LogP contribution in [0.2, 0.25) is 0 Å². The highest BCUT2D eigenvalue weighted by atomic mass is 16.2. The molecule has 27 heavy (non-hydrogen) atoms. The van der Waals surface area contributed by atoms with Crippen molar-refractivity contribution in [2.24, 2.45) is 0 Å². The van der Waals surface area contributed by atoms with Crippen molar-refractivity contribution in [3.8, 4) is 0 Å². The van der Waals surface area contributed by atoms with Gasteiger partial charge in [0.15, 0.2) is 0 Å². The lowest BCUT2D eigenvalue weighted by molar-refractivity contribution is -0.122. The number of carbonyl (C=O) groups is 2.